The summed E-state index contributed by atoms with van der Waals surface area (Å²) in [6, 6.07) is 1.77. The molecule has 16 heavy (non-hydrogen) atoms. The first kappa shape index (κ1) is 8.84. The van der Waals surface area contributed by atoms with Crippen LogP contribution in [0.2, 0.25) is 0 Å². The first-order valence-corrected chi connectivity index (χ1v) is 4.61. The Kier molecular flexibility index (Phi) is 1.67. The van der Waals surface area contributed by atoms with E-state index in [0.29, 0.717) is 11.4 Å². The van der Waals surface area contributed by atoms with Crippen LogP contribution in [-0.2, 0) is 0 Å². The summed E-state index contributed by atoms with van der Waals surface area (Å²) in [6.07, 6.45) is 3.15. The van der Waals surface area contributed by atoms with Crippen molar-refractivity contribution >= 4 is 5.65 Å². The van der Waals surface area contributed by atoms with E-state index in [0.717, 1.165) is 11.1 Å². The van der Waals surface area contributed by atoms with Crippen LogP contribution >= 0.6 is 0 Å². The fraction of sp³-hybridized carbons (Fsp3) is 0.111. The molecule has 0 saturated carbocycles. The van der Waals surface area contributed by atoms with Gasteiger partial charge < -0.3 is 4.52 Å². The van der Waals surface area contributed by atoms with Gasteiger partial charge in [0.25, 0.3) is 0 Å². The van der Waals surface area contributed by atoms with Gasteiger partial charge in [0.2, 0.25) is 0 Å². The lowest BCUT2D eigenvalue weighted by Crippen LogP contribution is -2.08. The van der Waals surface area contributed by atoms with Crippen molar-refractivity contribution in [1.82, 2.24) is 25.0 Å². The van der Waals surface area contributed by atoms with Crippen LogP contribution in [0, 0.1) is 6.92 Å². The van der Waals surface area contributed by atoms with E-state index >= 15 is 0 Å². The fourth-order valence-electron chi connectivity index (χ4n) is 1.65. The molecular formula is C9H7N5O2. The molecule has 0 atom stereocenters. The normalized spacial score (nSPS) is 11.1. The van der Waals surface area contributed by atoms with Crippen LogP contribution in [0.15, 0.2) is 27.8 Å². The molecule has 0 radical (unpaired) electrons. The van der Waals surface area contributed by atoms with Gasteiger partial charge >= 0.3 is 5.69 Å². The molecule has 80 valence electrons. The van der Waals surface area contributed by atoms with Crippen molar-refractivity contribution in [3.8, 4) is 11.3 Å². The first-order valence-electron chi connectivity index (χ1n) is 4.61. The van der Waals surface area contributed by atoms with Crippen molar-refractivity contribution in [2.24, 2.45) is 0 Å². The second-order valence-corrected chi connectivity index (χ2v) is 3.36. The van der Waals surface area contributed by atoms with E-state index in [2.05, 4.69) is 20.6 Å². The predicted molar refractivity (Wildman–Crippen MR) is 53.8 cm³/mol. The number of fused-ring (bicyclic) bond motifs is 1. The summed E-state index contributed by atoms with van der Waals surface area (Å²) in [5.74, 6) is 0.551. The third-order valence-electron chi connectivity index (χ3n) is 2.46. The number of pyridine rings is 1. The maximum atomic E-state index is 11.3. The summed E-state index contributed by atoms with van der Waals surface area (Å²) >= 11 is 0. The number of aryl methyl sites for hydroxylation is 1. The van der Waals surface area contributed by atoms with Crippen molar-refractivity contribution in [3.63, 3.8) is 0 Å². The van der Waals surface area contributed by atoms with Crippen LogP contribution < -0.4 is 5.69 Å². The second kappa shape index (κ2) is 3.02. The van der Waals surface area contributed by atoms with Gasteiger partial charge in [0.15, 0.2) is 11.4 Å². The topological polar surface area (TPSA) is 89.1 Å². The van der Waals surface area contributed by atoms with Gasteiger partial charge in [-0.2, -0.15) is 5.10 Å². The average Bonchev–Trinajstić information content (AvgIpc) is 2.90. The zero-order valence-electron chi connectivity index (χ0n) is 8.34. The number of H-pyrrole nitrogens is 1. The monoisotopic (exact) mass is 217 g/mol. The predicted octanol–water partition coefficient (Wildman–Crippen LogP) is 0.381. The highest BCUT2D eigenvalue weighted by Gasteiger charge is 2.11. The minimum atomic E-state index is -0.264. The summed E-state index contributed by atoms with van der Waals surface area (Å²) in [4.78, 5) is 11.3. The number of hydrogen-bond donors (Lipinski definition) is 1. The van der Waals surface area contributed by atoms with Gasteiger partial charge in [-0.3, -0.25) is 4.40 Å². The number of nitrogens with zero attached hydrogens (tertiary/aromatic N) is 4. The lowest BCUT2D eigenvalue weighted by molar-refractivity contribution is 0.403. The molecule has 0 spiro atoms. The average molecular weight is 217 g/mol. The van der Waals surface area contributed by atoms with E-state index in [1.54, 1.807) is 12.3 Å². The van der Waals surface area contributed by atoms with Gasteiger partial charge in [0.05, 0.1) is 6.20 Å². The van der Waals surface area contributed by atoms with E-state index in [9.17, 15) is 4.79 Å². The number of nitrogens with one attached hydrogen (secondary N) is 1. The Morgan fingerprint density at radius 2 is 2.38 bits per heavy atom. The molecule has 7 nitrogen and oxygen atoms in total. The molecule has 0 aliphatic rings. The molecule has 3 aromatic rings. The molecule has 1 N–H and O–H groups in total. The molecule has 0 aromatic carbocycles. The van der Waals surface area contributed by atoms with Gasteiger partial charge in [-0.1, -0.05) is 0 Å². The minimum absolute atomic E-state index is 0.264. The Morgan fingerprint density at radius 1 is 1.50 bits per heavy atom. The van der Waals surface area contributed by atoms with Gasteiger partial charge in [-0.15, -0.1) is 5.10 Å². The lowest BCUT2D eigenvalue weighted by atomic mass is 10.1. The summed E-state index contributed by atoms with van der Waals surface area (Å²) in [5.41, 5.74) is 1.95. The van der Waals surface area contributed by atoms with Crippen LogP contribution in [0.25, 0.3) is 17.0 Å². The highest BCUT2D eigenvalue weighted by atomic mass is 16.5. The van der Waals surface area contributed by atoms with Crippen LogP contribution in [0.3, 0.4) is 0 Å². The second-order valence-electron chi connectivity index (χ2n) is 3.36. The van der Waals surface area contributed by atoms with Crippen molar-refractivity contribution < 1.29 is 4.52 Å². The summed E-state index contributed by atoms with van der Waals surface area (Å²) in [7, 11) is 0. The summed E-state index contributed by atoms with van der Waals surface area (Å²) in [6.45, 7) is 1.85. The van der Waals surface area contributed by atoms with E-state index < -0.39 is 0 Å². The summed E-state index contributed by atoms with van der Waals surface area (Å²) < 4.78 is 6.40. The smallest absolute Gasteiger partial charge is 0.337 e. The maximum Gasteiger partial charge on any atom is 0.347 e. The zero-order chi connectivity index (χ0) is 11.1. The molecule has 0 amide bonds. The highest BCUT2D eigenvalue weighted by Crippen LogP contribution is 2.23. The number of rotatable bonds is 1. The molecule has 3 rings (SSSR count). The third kappa shape index (κ3) is 1.08. The fourth-order valence-corrected chi connectivity index (χ4v) is 1.65. The molecule has 3 aromatic heterocycles. The number of aromatic amines is 1. The van der Waals surface area contributed by atoms with Crippen molar-refractivity contribution in [2.45, 2.75) is 6.92 Å². The molecular weight excluding hydrogens is 210 g/mol. The molecule has 0 aliphatic carbocycles. The van der Waals surface area contributed by atoms with Crippen molar-refractivity contribution in [1.29, 1.82) is 0 Å². The molecule has 0 saturated heterocycles. The molecule has 3 heterocycles. The van der Waals surface area contributed by atoms with Gasteiger partial charge in [-0.05, 0) is 13.0 Å². The largest absolute Gasteiger partial charge is 0.347 e. The van der Waals surface area contributed by atoms with Crippen molar-refractivity contribution in [3.05, 3.63) is 34.5 Å². The standard InChI is InChI=1S/C9H7N5O2/c1-5-6(7-4-10-13-16-7)2-3-14-8(5)11-12-9(14)15/h2-4H,1H3,(H,12,15). The van der Waals surface area contributed by atoms with E-state index in [1.165, 1.54) is 10.6 Å². The Morgan fingerprint density at radius 3 is 3.12 bits per heavy atom. The Bertz CT molecular complexity index is 694. The molecule has 0 aliphatic heterocycles. The van der Waals surface area contributed by atoms with Crippen LogP contribution in [-0.4, -0.2) is 25.0 Å². The molecule has 7 heteroatoms. The quantitative estimate of drug-likeness (QED) is 0.636. The Balaban J connectivity index is 2.36. The zero-order valence-corrected chi connectivity index (χ0v) is 8.34. The van der Waals surface area contributed by atoms with E-state index in [1.807, 2.05) is 6.92 Å². The molecule has 0 unspecified atom stereocenters. The van der Waals surface area contributed by atoms with Crippen LogP contribution in [0.5, 0.6) is 0 Å². The van der Waals surface area contributed by atoms with E-state index in [-0.39, 0.29) is 5.69 Å². The highest BCUT2D eigenvalue weighted by molar-refractivity contribution is 5.68. The van der Waals surface area contributed by atoms with Crippen LogP contribution in [0.4, 0.5) is 0 Å². The van der Waals surface area contributed by atoms with E-state index in [4.69, 9.17) is 4.52 Å². The number of hydrogen-bond acceptors (Lipinski definition) is 5. The summed E-state index contributed by atoms with van der Waals surface area (Å²) in [5, 5.41) is 13.3. The minimum Gasteiger partial charge on any atom is -0.337 e. The lowest BCUT2D eigenvalue weighted by Gasteiger charge is -2.01. The molecule has 0 bridgehead atoms. The Labute approximate surface area is 88.7 Å². The first-order chi connectivity index (χ1) is 7.77. The van der Waals surface area contributed by atoms with Crippen LogP contribution in [0.1, 0.15) is 5.56 Å². The van der Waals surface area contributed by atoms with Gasteiger partial charge in [0, 0.05) is 22.6 Å². The molecule has 0 fully saturated rings. The van der Waals surface area contributed by atoms with Crippen molar-refractivity contribution in [2.75, 3.05) is 0 Å². The maximum absolute atomic E-state index is 11.3. The SMILES string of the molecule is Cc1c(-c2cnno2)ccn2c(=O)[nH]nc12. The van der Waals surface area contributed by atoms with Gasteiger partial charge in [0.1, 0.15) is 0 Å². The number of aromatic nitrogens is 5. The third-order valence-corrected chi connectivity index (χ3v) is 2.46. The van der Waals surface area contributed by atoms with Gasteiger partial charge in [-0.25, -0.2) is 9.89 Å². The Hall–Kier alpha value is -2.44.